The summed E-state index contributed by atoms with van der Waals surface area (Å²) in [6.07, 6.45) is 3.50. The van der Waals surface area contributed by atoms with Crippen molar-refractivity contribution in [1.29, 1.82) is 0 Å². The molecule has 0 aliphatic rings. The first kappa shape index (κ1) is 11.5. The molecular weight excluding hydrogens is 265 g/mol. The van der Waals surface area contributed by atoms with Crippen LogP contribution in [0, 0.1) is 0 Å². The smallest absolute Gasteiger partial charge is 0.148 e. The molecule has 0 aromatic carbocycles. The zero-order valence-corrected chi connectivity index (χ0v) is 10.4. The van der Waals surface area contributed by atoms with Gasteiger partial charge < -0.3 is 5.32 Å². The standard InChI is InChI=1S/C9H11BrClN3/c1-6(2)3-4-12-9-7(10)8(11)13-5-14-9/h3,5H,4H2,1-2H3,(H,12,13,14). The Kier molecular flexibility index (Phi) is 4.35. The van der Waals surface area contributed by atoms with E-state index in [0.717, 1.165) is 6.54 Å². The van der Waals surface area contributed by atoms with Crippen LogP contribution in [0.1, 0.15) is 13.8 Å². The summed E-state index contributed by atoms with van der Waals surface area (Å²) in [7, 11) is 0. The molecule has 0 saturated carbocycles. The van der Waals surface area contributed by atoms with Gasteiger partial charge in [0.25, 0.3) is 0 Å². The third kappa shape index (κ3) is 3.27. The monoisotopic (exact) mass is 275 g/mol. The molecule has 1 heterocycles. The van der Waals surface area contributed by atoms with Crippen molar-refractivity contribution in [3.63, 3.8) is 0 Å². The van der Waals surface area contributed by atoms with E-state index in [-0.39, 0.29) is 0 Å². The number of nitrogens with zero attached hydrogens (tertiary/aromatic N) is 2. The van der Waals surface area contributed by atoms with Crippen molar-refractivity contribution in [3.05, 3.63) is 27.6 Å². The maximum absolute atomic E-state index is 5.80. The molecule has 1 N–H and O–H groups in total. The van der Waals surface area contributed by atoms with Gasteiger partial charge in [-0.15, -0.1) is 0 Å². The van der Waals surface area contributed by atoms with Gasteiger partial charge >= 0.3 is 0 Å². The Hall–Kier alpha value is -0.610. The molecule has 0 fully saturated rings. The lowest BCUT2D eigenvalue weighted by Crippen LogP contribution is -2.02. The van der Waals surface area contributed by atoms with Crippen molar-refractivity contribution in [1.82, 2.24) is 9.97 Å². The Morgan fingerprint density at radius 3 is 2.93 bits per heavy atom. The van der Waals surface area contributed by atoms with Crippen molar-refractivity contribution in [2.45, 2.75) is 13.8 Å². The molecule has 0 radical (unpaired) electrons. The second kappa shape index (κ2) is 5.32. The molecule has 0 saturated heterocycles. The Morgan fingerprint density at radius 2 is 2.29 bits per heavy atom. The van der Waals surface area contributed by atoms with E-state index in [1.54, 1.807) is 0 Å². The molecule has 0 atom stereocenters. The van der Waals surface area contributed by atoms with Gasteiger partial charge in [0, 0.05) is 6.54 Å². The maximum atomic E-state index is 5.80. The summed E-state index contributed by atoms with van der Waals surface area (Å²) in [5.74, 6) is 0.711. The van der Waals surface area contributed by atoms with Gasteiger partial charge in [0.05, 0.1) is 4.47 Å². The van der Waals surface area contributed by atoms with E-state index in [9.17, 15) is 0 Å². The summed E-state index contributed by atoms with van der Waals surface area (Å²) in [5.41, 5.74) is 1.26. The fourth-order valence-electron chi connectivity index (χ4n) is 0.823. The van der Waals surface area contributed by atoms with Gasteiger partial charge in [-0.25, -0.2) is 9.97 Å². The molecule has 0 amide bonds. The molecule has 1 aromatic heterocycles. The van der Waals surface area contributed by atoms with Gasteiger partial charge in [0.2, 0.25) is 0 Å². The van der Waals surface area contributed by atoms with Crippen LogP contribution in [-0.2, 0) is 0 Å². The fraction of sp³-hybridized carbons (Fsp3) is 0.333. The topological polar surface area (TPSA) is 37.8 Å². The highest BCUT2D eigenvalue weighted by molar-refractivity contribution is 9.10. The predicted molar refractivity (Wildman–Crippen MR) is 62.7 cm³/mol. The largest absolute Gasteiger partial charge is 0.366 e. The molecule has 1 rings (SSSR count). The number of anilines is 1. The Labute approximate surface area is 96.7 Å². The van der Waals surface area contributed by atoms with E-state index >= 15 is 0 Å². The van der Waals surface area contributed by atoms with Gasteiger partial charge in [-0.2, -0.15) is 0 Å². The number of hydrogen-bond acceptors (Lipinski definition) is 3. The molecule has 3 nitrogen and oxygen atoms in total. The van der Waals surface area contributed by atoms with Crippen molar-refractivity contribution in [2.75, 3.05) is 11.9 Å². The zero-order valence-electron chi connectivity index (χ0n) is 8.01. The molecule has 1 aromatic rings. The maximum Gasteiger partial charge on any atom is 0.148 e. The SMILES string of the molecule is CC(C)=CCNc1ncnc(Cl)c1Br. The van der Waals surface area contributed by atoms with Crippen LogP contribution in [0.5, 0.6) is 0 Å². The van der Waals surface area contributed by atoms with E-state index in [0.29, 0.717) is 15.4 Å². The van der Waals surface area contributed by atoms with E-state index < -0.39 is 0 Å². The van der Waals surface area contributed by atoms with Gasteiger partial charge in [-0.3, -0.25) is 0 Å². The molecule has 76 valence electrons. The normalized spacial score (nSPS) is 9.71. The number of rotatable bonds is 3. The van der Waals surface area contributed by atoms with Gasteiger partial charge in [0.1, 0.15) is 17.3 Å². The van der Waals surface area contributed by atoms with Crippen LogP contribution in [-0.4, -0.2) is 16.5 Å². The van der Waals surface area contributed by atoms with E-state index in [2.05, 4.69) is 37.3 Å². The lowest BCUT2D eigenvalue weighted by molar-refractivity contribution is 1.12. The number of nitrogens with one attached hydrogen (secondary N) is 1. The number of halogens is 2. The van der Waals surface area contributed by atoms with E-state index in [1.165, 1.54) is 11.9 Å². The van der Waals surface area contributed by atoms with Crippen LogP contribution in [0.15, 0.2) is 22.4 Å². The molecule has 0 aliphatic carbocycles. The Morgan fingerprint density at radius 1 is 1.57 bits per heavy atom. The minimum absolute atomic E-state index is 0.416. The molecule has 0 spiro atoms. The first-order valence-electron chi connectivity index (χ1n) is 4.14. The summed E-state index contributed by atoms with van der Waals surface area (Å²) in [6.45, 7) is 4.82. The Balaban J connectivity index is 2.68. The highest BCUT2D eigenvalue weighted by Crippen LogP contribution is 2.25. The minimum Gasteiger partial charge on any atom is -0.366 e. The molecule has 14 heavy (non-hydrogen) atoms. The predicted octanol–water partition coefficient (Wildman–Crippen LogP) is 3.27. The van der Waals surface area contributed by atoms with Gasteiger partial charge in [-0.05, 0) is 29.8 Å². The van der Waals surface area contributed by atoms with Crippen LogP contribution >= 0.6 is 27.5 Å². The zero-order chi connectivity index (χ0) is 10.6. The summed E-state index contributed by atoms with van der Waals surface area (Å²) in [6, 6.07) is 0. The lowest BCUT2D eigenvalue weighted by atomic mass is 10.3. The fourth-order valence-corrected chi connectivity index (χ4v) is 1.30. The quantitative estimate of drug-likeness (QED) is 0.680. The van der Waals surface area contributed by atoms with Crippen LogP contribution in [0.4, 0.5) is 5.82 Å². The molecule has 0 unspecified atom stereocenters. The average Bonchev–Trinajstić information content (AvgIpc) is 2.12. The number of aromatic nitrogens is 2. The highest BCUT2D eigenvalue weighted by atomic mass is 79.9. The van der Waals surface area contributed by atoms with Crippen LogP contribution in [0.3, 0.4) is 0 Å². The summed E-state index contributed by atoms with van der Waals surface area (Å²) < 4.78 is 0.698. The van der Waals surface area contributed by atoms with E-state index in [4.69, 9.17) is 11.6 Å². The molecule has 5 heteroatoms. The van der Waals surface area contributed by atoms with Crippen molar-refractivity contribution in [3.8, 4) is 0 Å². The number of allylic oxidation sites excluding steroid dienone is 1. The average molecular weight is 277 g/mol. The lowest BCUT2D eigenvalue weighted by Gasteiger charge is -2.05. The van der Waals surface area contributed by atoms with Crippen LogP contribution in [0.25, 0.3) is 0 Å². The first-order valence-corrected chi connectivity index (χ1v) is 5.31. The van der Waals surface area contributed by atoms with E-state index in [1.807, 2.05) is 13.8 Å². The van der Waals surface area contributed by atoms with Crippen LogP contribution in [0.2, 0.25) is 5.15 Å². The summed E-state index contributed by atoms with van der Waals surface area (Å²) in [5, 5.41) is 3.54. The van der Waals surface area contributed by atoms with Gasteiger partial charge in [0.15, 0.2) is 0 Å². The summed E-state index contributed by atoms with van der Waals surface area (Å²) in [4.78, 5) is 7.89. The Bertz CT molecular complexity index is 348. The van der Waals surface area contributed by atoms with Crippen molar-refractivity contribution < 1.29 is 0 Å². The molecule has 0 bridgehead atoms. The van der Waals surface area contributed by atoms with Crippen molar-refractivity contribution >= 4 is 33.3 Å². The number of hydrogen-bond donors (Lipinski definition) is 1. The van der Waals surface area contributed by atoms with Gasteiger partial charge in [-0.1, -0.05) is 23.3 Å². The molecule has 0 aliphatic heterocycles. The van der Waals surface area contributed by atoms with Crippen molar-refractivity contribution in [2.24, 2.45) is 0 Å². The second-order valence-corrected chi connectivity index (χ2v) is 4.14. The minimum atomic E-state index is 0.416. The third-order valence-corrected chi connectivity index (χ3v) is 2.79. The first-order chi connectivity index (χ1) is 6.61. The highest BCUT2D eigenvalue weighted by Gasteiger charge is 2.04. The van der Waals surface area contributed by atoms with Crippen LogP contribution < -0.4 is 5.32 Å². The second-order valence-electron chi connectivity index (χ2n) is 2.99. The summed E-state index contributed by atoms with van der Waals surface area (Å²) >= 11 is 9.11. The third-order valence-electron chi connectivity index (χ3n) is 1.53. The molecular formula is C9H11BrClN3.